The molecule has 0 amide bonds. The molecule has 90 valence electrons. The molecule has 0 unspecified atom stereocenters. The standard InChI is InChI=1S/C11H13N3O2S/c1-13(5-6-17-2)10-4-3-9(8-12)11(7-10)14(15)16/h3-4,7H,5-6H2,1-2H3. The van der Waals surface area contributed by atoms with Gasteiger partial charge in [0.25, 0.3) is 5.69 Å². The van der Waals surface area contributed by atoms with Crippen LogP contribution < -0.4 is 4.90 Å². The van der Waals surface area contributed by atoms with E-state index in [0.29, 0.717) is 0 Å². The first-order chi connectivity index (χ1) is 8.10. The maximum atomic E-state index is 10.8. The van der Waals surface area contributed by atoms with Gasteiger partial charge in [-0.25, -0.2) is 0 Å². The Labute approximate surface area is 104 Å². The Balaban J connectivity index is 3.00. The molecular formula is C11H13N3O2S. The van der Waals surface area contributed by atoms with Gasteiger partial charge in [-0.1, -0.05) is 0 Å². The van der Waals surface area contributed by atoms with E-state index >= 15 is 0 Å². The summed E-state index contributed by atoms with van der Waals surface area (Å²) >= 11 is 1.71. The van der Waals surface area contributed by atoms with Crippen molar-refractivity contribution in [3.05, 3.63) is 33.9 Å². The van der Waals surface area contributed by atoms with Crippen LogP contribution in [0.15, 0.2) is 18.2 Å². The highest BCUT2D eigenvalue weighted by atomic mass is 32.2. The molecule has 6 heteroatoms. The van der Waals surface area contributed by atoms with Gasteiger partial charge >= 0.3 is 0 Å². The van der Waals surface area contributed by atoms with Crippen molar-refractivity contribution in [1.29, 1.82) is 5.26 Å². The third-order valence-corrected chi connectivity index (χ3v) is 2.96. The number of hydrogen-bond donors (Lipinski definition) is 0. The minimum Gasteiger partial charge on any atom is -0.374 e. The molecule has 17 heavy (non-hydrogen) atoms. The molecule has 0 radical (unpaired) electrons. The third-order valence-electron chi connectivity index (χ3n) is 2.37. The van der Waals surface area contributed by atoms with Gasteiger partial charge < -0.3 is 4.90 Å². The van der Waals surface area contributed by atoms with Gasteiger partial charge in [-0.2, -0.15) is 17.0 Å². The monoisotopic (exact) mass is 251 g/mol. The molecule has 0 aromatic heterocycles. The number of rotatable bonds is 5. The summed E-state index contributed by atoms with van der Waals surface area (Å²) in [6, 6.07) is 6.48. The van der Waals surface area contributed by atoms with Gasteiger partial charge in [-0.05, 0) is 18.4 Å². The second-order valence-electron chi connectivity index (χ2n) is 3.48. The molecule has 5 nitrogen and oxygen atoms in total. The number of nitro groups is 1. The highest BCUT2D eigenvalue weighted by Crippen LogP contribution is 2.24. The Morgan fingerprint density at radius 2 is 2.29 bits per heavy atom. The van der Waals surface area contributed by atoms with E-state index in [-0.39, 0.29) is 11.3 Å². The zero-order valence-corrected chi connectivity index (χ0v) is 10.5. The van der Waals surface area contributed by atoms with E-state index in [9.17, 15) is 10.1 Å². The van der Waals surface area contributed by atoms with Crippen molar-refractivity contribution in [2.75, 3.05) is 30.5 Å². The first-order valence-corrected chi connectivity index (χ1v) is 6.38. The van der Waals surface area contributed by atoms with Crippen LogP contribution in [-0.4, -0.2) is 30.5 Å². The molecule has 0 bridgehead atoms. The fourth-order valence-corrected chi connectivity index (χ4v) is 1.82. The summed E-state index contributed by atoms with van der Waals surface area (Å²) in [5.74, 6) is 0.949. The van der Waals surface area contributed by atoms with Crippen molar-refractivity contribution in [2.45, 2.75) is 0 Å². The molecule has 0 spiro atoms. The van der Waals surface area contributed by atoms with Crippen LogP contribution in [0, 0.1) is 21.4 Å². The Kier molecular flexibility index (Phi) is 4.79. The summed E-state index contributed by atoms with van der Waals surface area (Å²) in [6.45, 7) is 0.810. The van der Waals surface area contributed by atoms with Crippen LogP contribution in [0.2, 0.25) is 0 Å². The van der Waals surface area contributed by atoms with E-state index in [1.165, 1.54) is 12.1 Å². The minimum absolute atomic E-state index is 0.0945. The highest BCUT2D eigenvalue weighted by molar-refractivity contribution is 7.98. The lowest BCUT2D eigenvalue weighted by Gasteiger charge is -2.18. The molecule has 0 atom stereocenters. The molecule has 0 aliphatic carbocycles. The normalized spacial score (nSPS) is 9.71. The lowest BCUT2D eigenvalue weighted by molar-refractivity contribution is -0.385. The average molecular weight is 251 g/mol. The quantitative estimate of drug-likeness (QED) is 0.593. The van der Waals surface area contributed by atoms with Gasteiger partial charge in [-0.15, -0.1) is 0 Å². The van der Waals surface area contributed by atoms with Crippen LogP contribution in [-0.2, 0) is 0 Å². The maximum absolute atomic E-state index is 10.8. The smallest absolute Gasteiger partial charge is 0.289 e. The molecule has 1 rings (SSSR count). The second-order valence-corrected chi connectivity index (χ2v) is 4.47. The van der Waals surface area contributed by atoms with E-state index in [1.807, 2.05) is 24.3 Å². The van der Waals surface area contributed by atoms with Crippen LogP contribution in [0.5, 0.6) is 0 Å². The van der Waals surface area contributed by atoms with Crippen LogP contribution >= 0.6 is 11.8 Å². The van der Waals surface area contributed by atoms with Crippen molar-refractivity contribution in [1.82, 2.24) is 0 Å². The van der Waals surface area contributed by atoms with Crippen LogP contribution in [0.3, 0.4) is 0 Å². The molecule has 0 saturated carbocycles. The highest BCUT2D eigenvalue weighted by Gasteiger charge is 2.15. The first kappa shape index (κ1) is 13.3. The number of anilines is 1. The predicted octanol–water partition coefficient (Wildman–Crippen LogP) is 2.27. The Morgan fingerprint density at radius 3 is 2.82 bits per heavy atom. The number of nitriles is 1. The van der Waals surface area contributed by atoms with Crippen LogP contribution in [0.4, 0.5) is 11.4 Å². The van der Waals surface area contributed by atoms with Crippen molar-refractivity contribution >= 4 is 23.1 Å². The number of nitro benzene ring substituents is 1. The molecule has 0 saturated heterocycles. The topological polar surface area (TPSA) is 70.2 Å². The largest absolute Gasteiger partial charge is 0.374 e. The zero-order chi connectivity index (χ0) is 12.8. The molecule has 0 N–H and O–H groups in total. The number of thioether (sulfide) groups is 1. The molecule has 1 aromatic carbocycles. The second kappa shape index (κ2) is 6.11. The molecule has 0 fully saturated rings. The summed E-state index contributed by atoms with van der Waals surface area (Å²) in [5, 5.41) is 19.6. The van der Waals surface area contributed by atoms with Gasteiger partial charge in [0, 0.05) is 31.1 Å². The minimum atomic E-state index is -0.523. The molecule has 0 heterocycles. The summed E-state index contributed by atoms with van der Waals surface area (Å²) < 4.78 is 0. The van der Waals surface area contributed by atoms with E-state index in [0.717, 1.165) is 18.0 Å². The lowest BCUT2D eigenvalue weighted by atomic mass is 10.1. The SMILES string of the molecule is CSCCN(C)c1ccc(C#N)c([N+](=O)[O-])c1. The third kappa shape index (κ3) is 3.36. The fourth-order valence-electron chi connectivity index (χ4n) is 1.36. The van der Waals surface area contributed by atoms with Gasteiger partial charge in [0.05, 0.1) is 4.92 Å². The number of nitrogens with zero attached hydrogens (tertiary/aromatic N) is 3. The maximum Gasteiger partial charge on any atom is 0.289 e. The van der Waals surface area contributed by atoms with Crippen LogP contribution in [0.1, 0.15) is 5.56 Å². The van der Waals surface area contributed by atoms with Gasteiger partial charge in [0.15, 0.2) is 0 Å². The number of benzene rings is 1. The van der Waals surface area contributed by atoms with Crippen molar-refractivity contribution in [3.8, 4) is 6.07 Å². The summed E-state index contributed by atoms with van der Waals surface area (Å²) in [4.78, 5) is 12.2. The van der Waals surface area contributed by atoms with E-state index in [1.54, 1.807) is 17.8 Å². The lowest BCUT2D eigenvalue weighted by Crippen LogP contribution is -2.20. The van der Waals surface area contributed by atoms with Gasteiger partial charge in [-0.3, -0.25) is 10.1 Å². The Morgan fingerprint density at radius 1 is 1.59 bits per heavy atom. The van der Waals surface area contributed by atoms with Crippen molar-refractivity contribution in [2.24, 2.45) is 0 Å². The Hall–Kier alpha value is -1.74. The van der Waals surface area contributed by atoms with Gasteiger partial charge in [0.1, 0.15) is 11.6 Å². The van der Waals surface area contributed by atoms with Crippen molar-refractivity contribution in [3.63, 3.8) is 0 Å². The van der Waals surface area contributed by atoms with Gasteiger partial charge in [0.2, 0.25) is 0 Å². The first-order valence-electron chi connectivity index (χ1n) is 4.98. The molecular weight excluding hydrogens is 238 g/mol. The van der Waals surface area contributed by atoms with Crippen molar-refractivity contribution < 1.29 is 4.92 Å². The molecule has 0 aliphatic rings. The van der Waals surface area contributed by atoms with Crippen LogP contribution in [0.25, 0.3) is 0 Å². The van der Waals surface area contributed by atoms with E-state index in [2.05, 4.69) is 0 Å². The summed E-state index contributed by atoms with van der Waals surface area (Å²) in [6.07, 6.45) is 2.01. The molecule has 0 aliphatic heterocycles. The van der Waals surface area contributed by atoms with E-state index in [4.69, 9.17) is 5.26 Å². The fraction of sp³-hybridized carbons (Fsp3) is 0.364. The Bertz CT molecular complexity index is 457. The summed E-state index contributed by atoms with van der Waals surface area (Å²) in [7, 11) is 1.88. The average Bonchev–Trinajstić information content (AvgIpc) is 2.34. The summed E-state index contributed by atoms with van der Waals surface area (Å²) in [5.41, 5.74) is 0.711. The zero-order valence-electron chi connectivity index (χ0n) is 9.71. The number of hydrogen-bond acceptors (Lipinski definition) is 5. The van der Waals surface area contributed by atoms with E-state index < -0.39 is 4.92 Å². The predicted molar refractivity (Wildman–Crippen MR) is 69.5 cm³/mol. The molecule has 1 aromatic rings.